The van der Waals surface area contributed by atoms with Gasteiger partial charge in [-0.3, -0.25) is 5.41 Å². The number of nitrogens with one attached hydrogen (secondary N) is 2. The Morgan fingerprint density at radius 3 is 1.92 bits per heavy atom. The van der Waals surface area contributed by atoms with Gasteiger partial charge in [0, 0.05) is 5.56 Å². The Bertz CT molecular complexity index is 602. The van der Waals surface area contributed by atoms with Crippen molar-refractivity contribution in [2.45, 2.75) is 12.2 Å². The minimum atomic E-state index is -2.27. The molecule has 12 heteroatoms. The molecule has 0 heterocycles. The van der Waals surface area contributed by atoms with E-state index in [1.54, 1.807) is 18.2 Å². The normalized spacial score (nSPS) is 12.7. The van der Waals surface area contributed by atoms with E-state index in [4.69, 9.17) is 54.8 Å². The molecule has 1 aromatic rings. The monoisotopic (exact) mass is 380 g/mol. The highest BCUT2D eigenvalue weighted by molar-refractivity contribution is 6.38. The van der Waals surface area contributed by atoms with E-state index in [1.165, 1.54) is 6.21 Å². The summed E-state index contributed by atoms with van der Waals surface area (Å²) < 4.78 is 0. The first-order valence-electron chi connectivity index (χ1n) is 5.96. The highest BCUT2D eigenvalue weighted by Gasteiger charge is 2.29. The first kappa shape index (κ1) is 21.6. The highest BCUT2D eigenvalue weighted by Crippen LogP contribution is 2.21. The van der Waals surface area contributed by atoms with Crippen LogP contribution in [0.3, 0.4) is 0 Å². The molecule has 0 aliphatic heterocycles. The fraction of sp³-hybridized carbons (Fsp3) is 0.167. The standard InChI is InChI=1S/C8H8Cl2N4.C4H6O6/c9-6-2-1-3-7(10)5(6)4-13-14-8(11)12;5-1(3(7)8)2(6)4(9)10/h1-4H,(H4,11,12,14);1-2,5-6H,(H,7,8)(H,9,10). The Balaban J connectivity index is 0.000000470. The lowest BCUT2D eigenvalue weighted by Gasteiger charge is -2.07. The molecule has 0 saturated carbocycles. The Labute approximate surface area is 145 Å². The number of carbonyl (C=O) groups is 2. The Morgan fingerprint density at radius 1 is 1.17 bits per heavy atom. The van der Waals surface area contributed by atoms with Gasteiger partial charge in [0.2, 0.25) is 5.96 Å². The summed E-state index contributed by atoms with van der Waals surface area (Å²) in [5.41, 5.74) is 7.87. The number of hydrogen-bond acceptors (Lipinski definition) is 6. The molecule has 0 aliphatic rings. The van der Waals surface area contributed by atoms with Crippen LogP contribution < -0.4 is 11.2 Å². The van der Waals surface area contributed by atoms with Crippen molar-refractivity contribution < 1.29 is 30.0 Å². The smallest absolute Gasteiger partial charge is 0.335 e. The maximum atomic E-state index is 9.77. The van der Waals surface area contributed by atoms with Crippen LogP contribution in [-0.2, 0) is 9.59 Å². The number of carboxylic acids is 2. The molecule has 8 N–H and O–H groups in total. The predicted octanol–water partition coefficient (Wildman–Crippen LogP) is -0.312. The number of guanidine groups is 1. The fourth-order valence-corrected chi connectivity index (χ4v) is 1.57. The lowest BCUT2D eigenvalue weighted by molar-refractivity contribution is -0.165. The van der Waals surface area contributed by atoms with Crippen LogP contribution in [0, 0.1) is 5.41 Å². The van der Waals surface area contributed by atoms with E-state index in [1.807, 2.05) is 0 Å². The van der Waals surface area contributed by atoms with Gasteiger partial charge in [-0.2, -0.15) is 5.10 Å². The number of nitrogens with zero attached hydrogens (tertiary/aromatic N) is 1. The number of nitrogens with two attached hydrogens (primary N) is 1. The Kier molecular flexibility index (Phi) is 9.35. The van der Waals surface area contributed by atoms with Gasteiger partial charge in [-0.15, -0.1) is 0 Å². The number of aliphatic hydroxyl groups is 2. The van der Waals surface area contributed by atoms with E-state index < -0.39 is 24.1 Å². The molecule has 2 atom stereocenters. The topological polar surface area (TPSA) is 189 Å². The first-order valence-corrected chi connectivity index (χ1v) is 6.72. The molecule has 0 fully saturated rings. The van der Waals surface area contributed by atoms with Gasteiger partial charge in [-0.1, -0.05) is 29.3 Å². The van der Waals surface area contributed by atoms with E-state index in [2.05, 4.69) is 10.5 Å². The van der Waals surface area contributed by atoms with E-state index in [0.29, 0.717) is 15.6 Å². The van der Waals surface area contributed by atoms with E-state index >= 15 is 0 Å². The minimum absolute atomic E-state index is 0.246. The number of benzene rings is 1. The average Bonchev–Trinajstić information content (AvgIpc) is 2.48. The summed E-state index contributed by atoms with van der Waals surface area (Å²) in [6.45, 7) is 0. The van der Waals surface area contributed by atoms with Crippen molar-refractivity contribution in [3.8, 4) is 0 Å². The van der Waals surface area contributed by atoms with Crippen molar-refractivity contribution >= 4 is 47.3 Å². The minimum Gasteiger partial charge on any atom is -0.479 e. The van der Waals surface area contributed by atoms with Gasteiger partial charge >= 0.3 is 11.9 Å². The van der Waals surface area contributed by atoms with Gasteiger partial charge in [-0.25, -0.2) is 15.0 Å². The third kappa shape index (κ3) is 7.74. The van der Waals surface area contributed by atoms with Crippen molar-refractivity contribution in [2.75, 3.05) is 0 Å². The van der Waals surface area contributed by atoms with E-state index in [9.17, 15) is 9.59 Å². The largest absolute Gasteiger partial charge is 0.479 e. The van der Waals surface area contributed by atoms with Gasteiger partial charge in [0.1, 0.15) is 0 Å². The molecule has 24 heavy (non-hydrogen) atoms. The second-order valence-electron chi connectivity index (χ2n) is 3.99. The number of aliphatic hydroxyl groups excluding tert-OH is 2. The molecular formula is C12H14Cl2N4O6. The molecule has 132 valence electrons. The van der Waals surface area contributed by atoms with Crippen LogP contribution in [0.15, 0.2) is 23.3 Å². The van der Waals surface area contributed by atoms with Crippen LogP contribution >= 0.6 is 23.2 Å². The van der Waals surface area contributed by atoms with Crippen molar-refractivity contribution in [3.63, 3.8) is 0 Å². The number of aliphatic carboxylic acids is 2. The van der Waals surface area contributed by atoms with Crippen LogP contribution in [0.25, 0.3) is 0 Å². The summed E-state index contributed by atoms with van der Waals surface area (Å²) in [5, 5.41) is 44.0. The molecule has 1 rings (SSSR count). The Morgan fingerprint density at radius 2 is 1.58 bits per heavy atom. The predicted molar refractivity (Wildman–Crippen MR) is 86.4 cm³/mol. The summed E-state index contributed by atoms with van der Waals surface area (Å²) >= 11 is 11.7. The van der Waals surface area contributed by atoms with Gasteiger partial charge in [0.15, 0.2) is 12.2 Å². The van der Waals surface area contributed by atoms with Gasteiger partial charge < -0.3 is 26.2 Å². The van der Waals surface area contributed by atoms with E-state index in [-0.39, 0.29) is 5.96 Å². The summed E-state index contributed by atoms with van der Waals surface area (Å²) in [6, 6.07) is 5.13. The molecule has 0 amide bonds. The Hall–Kier alpha value is -2.40. The SMILES string of the molecule is N=C(N)NN=Cc1c(Cl)cccc1Cl.O=C(O)C(O)C(O)C(=O)O. The summed E-state index contributed by atoms with van der Waals surface area (Å²) in [6.07, 6.45) is -3.12. The van der Waals surface area contributed by atoms with Gasteiger partial charge in [0.25, 0.3) is 0 Å². The zero-order valence-electron chi connectivity index (χ0n) is 11.8. The van der Waals surface area contributed by atoms with Gasteiger partial charge in [-0.05, 0) is 12.1 Å². The highest BCUT2D eigenvalue weighted by atomic mass is 35.5. The molecule has 2 unspecified atom stereocenters. The van der Waals surface area contributed by atoms with Crippen LogP contribution in [0.4, 0.5) is 0 Å². The number of carboxylic acid groups (broad SMARTS) is 2. The second-order valence-corrected chi connectivity index (χ2v) is 4.80. The molecule has 0 aromatic heterocycles. The maximum Gasteiger partial charge on any atom is 0.335 e. The zero-order valence-corrected chi connectivity index (χ0v) is 13.4. The zero-order chi connectivity index (χ0) is 18.9. The second kappa shape index (κ2) is 10.4. The molecule has 0 radical (unpaired) electrons. The molecular weight excluding hydrogens is 367 g/mol. The molecule has 1 aromatic carbocycles. The van der Waals surface area contributed by atoms with Crippen LogP contribution in [0.2, 0.25) is 10.0 Å². The first-order chi connectivity index (χ1) is 11.1. The van der Waals surface area contributed by atoms with Crippen molar-refractivity contribution in [1.82, 2.24) is 5.43 Å². The number of rotatable bonds is 5. The van der Waals surface area contributed by atoms with Gasteiger partial charge in [0.05, 0.1) is 16.3 Å². The third-order valence-corrected chi connectivity index (χ3v) is 2.84. The van der Waals surface area contributed by atoms with Crippen LogP contribution in [-0.4, -0.2) is 56.7 Å². The molecule has 0 spiro atoms. The molecule has 0 aliphatic carbocycles. The van der Waals surface area contributed by atoms with E-state index in [0.717, 1.165) is 0 Å². The molecule has 0 saturated heterocycles. The van der Waals surface area contributed by atoms with Crippen LogP contribution in [0.5, 0.6) is 0 Å². The van der Waals surface area contributed by atoms with Crippen molar-refractivity contribution in [1.29, 1.82) is 5.41 Å². The summed E-state index contributed by atoms with van der Waals surface area (Å²) in [4.78, 5) is 19.5. The maximum absolute atomic E-state index is 9.77. The van der Waals surface area contributed by atoms with Crippen molar-refractivity contribution in [3.05, 3.63) is 33.8 Å². The fourth-order valence-electron chi connectivity index (χ4n) is 1.07. The lowest BCUT2D eigenvalue weighted by Crippen LogP contribution is -2.39. The summed E-state index contributed by atoms with van der Waals surface area (Å²) in [7, 11) is 0. The number of halogens is 2. The number of hydrogen-bond donors (Lipinski definition) is 7. The quantitative estimate of drug-likeness (QED) is 0.205. The number of hydrazone groups is 1. The van der Waals surface area contributed by atoms with Crippen molar-refractivity contribution in [2.24, 2.45) is 10.8 Å². The average molecular weight is 381 g/mol. The molecule has 0 bridgehead atoms. The molecule has 10 nitrogen and oxygen atoms in total. The van der Waals surface area contributed by atoms with Crippen LogP contribution in [0.1, 0.15) is 5.56 Å². The third-order valence-electron chi connectivity index (χ3n) is 2.18. The summed E-state index contributed by atoms with van der Waals surface area (Å²) in [5.74, 6) is -3.78. The lowest BCUT2D eigenvalue weighted by atomic mass is 10.2.